The predicted molar refractivity (Wildman–Crippen MR) is 117 cm³/mol. The van der Waals surface area contributed by atoms with E-state index in [9.17, 15) is 40.2 Å². The first-order chi connectivity index (χ1) is 16.6. The molecular weight excluding hydrogens is 468 g/mol. The molecule has 0 bridgehead atoms. The number of carbonyl (C=O) groups excluding carboxylic acids is 1. The summed E-state index contributed by atoms with van der Waals surface area (Å²) < 4.78 is 21.7. The van der Waals surface area contributed by atoms with Crippen LogP contribution in [0.4, 0.5) is 0 Å². The number of aromatic hydroxyl groups is 3. The number of ether oxygens (including phenoxy) is 3. The average molecular weight is 490 g/mol. The van der Waals surface area contributed by atoms with Crippen LogP contribution >= 0.6 is 0 Å². The maximum Gasteiger partial charge on any atom is 0.302 e. The molecule has 1 aliphatic heterocycles. The van der Waals surface area contributed by atoms with Crippen LogP contribution in [0.25, 0.3) is 22.3 Å². The Labute approximate surface area is 196 Å². The summed E-state index contributed by atoms with van der Waals surface area (Å²) >= 11 is 0. The first kappa shape index (κ1) is 24.3. The largest absolute Gasteiger partial charge is 0.508 e. The Morgan fingerprint density at radius 2 is 1.66 bits per heavy atom. The lowest BCUT2D eigenvalue weighted by molar-refractivity contribution is -0.278. The maximum absolute atomic E-state index is 13.4. The van der Waals surface area contributed by atoms with E-state index in [2.05, 4.69) is 0 Å². The second-order valence-corrected chi connectivity index (χ2v) is 7.91. The van der Waals surface area contributed by atoms with Crippen LogP contribution in [0.2, 0.25) is 0 Å². The second kappa shape index (κ2) is 9.43. The van der Waals surface area contributed by atoms with Crippen molar-refractivity contribution in [1.29, 1.82) is 0 Å². The number of fused-ring (bicyclic) bond motifs is 1. The molecule has 2 unspecified atom stereocenters. The average Bonchev–Trinajstić information content (AvgIpc) is 2.80. The number of phenols is 3. The van der Waals surface area contributed by atoms with Gasteiger partial charge in [-0.15, -0.1) is 0 Å². The van der Waals surface area contributed by atoms with E-state index in [-0.39, 0.29) is 33.8 Å². The Morgan fingerprint density at radius 1 is 0.971 bits per heavy atom. The Hall–Kier alpha value is -3.84. The molecule has 1 fully saturated rings. The van der Waals surface area contributed by atoms with Crippen LogP contribution in [0.15, 0.2) is 45.6 Å². The van der Waals surface area contributed by atoms with Gasteiger partial charge in [0.1, 0.15) is 59.2 Å². The Bertz CT molecular complexity index is 1300. The van der Waals surface area contributed by atoms with E-state index < -0.39 is 60.2 Å². The number of esters is 1. The second-order valence-electron chi connectivity index (χ2n) is 7.91. The minimum atomic E-state index is -1.84. The number of aliphatic hydroxyl groups excluding tert-OH is 3. The van der Waals surface area contributed by atoms with Crippen molar-refractivity contribution in [2.75, 3.05) is 6.61 Å². The molecule has 6 N–H and O–H groups in total. The van der Waals surface area contributed by atoms with Crippen LogP contribution in [0.3, 0.4) is 0 Å². The van der Waals surface area contributed by atoms with E-state index in [4.69, 9.17) is 18.6 Å². The highest BCUT2D eigenvalue weighted by atomic mass is 16.7. The lowest BCUT2D eigenvalue weighted by Gasteiger charge is -2.39. The standard InChI is InChI=1S/C23H22O12/c1-9(24)32-8-15-17(28)19(30)20(31)23(34-15)35-22-18(29)16-13(27)6-12(26)7-14(16)33-21(22)10-2-4-11(25)5-3-10/h2-7,15,17,19-20,23,25-28,30-31H,8H2,1H3/t15-,17-,19?,20?,23+/m1/s1. The van der Waals surface area contributed by atoms with Crippen molar-refractivity contribution < 1.29 is 54.1 Å². The van der Waals surface area contributed by atoms with Crippen molar-refractivity contribution in [3.63, 3.8) is 0 Å². The van der Waals surface area contributed by atoms with Crippen LogP contribution in [0.5, 0.6) is 23.0 Å². The van der Waals surface area contributed by atoms with E-state index in [1.165, 1.54) is 24.3 Å². The Balaban J connectivity index is 1.81. The number of hydrogen-bond donors (Lipinski definition) is 6. The summed E-state index contributed by atoms with van der Waals surface area (Å²) in [6.07, 6.45) is -8.30. The zero-order valence-corrected chi connectivity index (χ0v) is 18.2. The fourth-order valence-corrected chi connectivity index (χ4v) is 3.65. The van der Waals surface area contributed by atoms with Gasteiger partial charge in [0.05, 0.1) is 0 Å². The summed E-state index contributed by atoms with van der Waals surface area (Å²) in [6.45, 7) is 0.653. The molecule has 1 aliphatic rings. The first-order valence-electron chi connectivity index (χ1n) is 10.4. The molecule has 1 saturated heterocycles. The van der Waals surface area contributed by atoms with Crippen LogP contribution in [-0.4, -0.2) is 73.9 Å². The molecule has 1 aromatic heterocycles. The van der Waals surface area contributed by atoms with Crippen molar-refractivity contribution in [3.05, 3.63) is 46.6 Å². The van der Waals surface area contributed by atoms with Gasteiger partial charge < -0.3 is 49.3 Å². The third-order valence-electron chi connectivity index (χ3n) is 5.40. The number of benzene rings is 2. The molecule has 0 amide bonds. The van der Waals surface area contributed by atoms with Crippen molar-refractivity contribution >= 4 is 16.9 Å². The molecular formula is C23H22O12. The van der Waals surface area contributed by atoms with E-state index in [1.807, 2.05) is 0 Å². The third-order valence-corrected chi connectivity index (χ3v) is 5.40. The Kier molecular flexibility index (Phi) is 6.54. The highest BCUT2D eigenvalue weighted by Gasteiger charge is 2.46. The monoisotopic (exact) mass is 490 g/mol. The van der Waals surface area contributed by atoms with E-state index >= 15 is 0 Å². The Morgan fingerprint density at radius 3 is 2.31 bits per heavy atom. The molecule has 12 nitrogen and oxygen atoms in total. The minimum Gasteiger partial charge on any atom is -0.508 e. The molecule has 35 heavy (non-hydrogen) atoms. The molecule has 0 radical (unpaired) electrons. The summed E-state index contributed by atoms with van der Waals surface area (Å²) in [5.41, 5.74) is -0.849. The number of aliphatic hydroxyl groups is 3. The number of hydrogen-bond acceptors (Lipinski definition) is 12. The number of carbonyl (C=O) groups is 1. The molecule has 0 spiro atoms. The van der Waals surface area contributed by atoms with Gasteiger partial charge in [-0.25, -0.2) is 0 Å². The quantitative estimate of drug-likeness (QED) is 0.268. The van der Waals surface area contributed by atoms with Gasteiger partial charge in [-0.3, -0.25) is 9.59 Å². The van der Waals surface area contributed by atoms with Gasteiger partial charge in [-0.05, 0) is 24.3 Å². The molecule has 12 heteroatoms. The van der Waals surface area contributed by atoms with Gasteiger partial charge in [0.2, 0.25) is 17.5 Å². The van der Waals surface area contributed by atoms with E-state index in [1.54, 1.807) is 0 Å². The fourth-order valence-electron chi connectivity index (χ4n) is 3.65. The van der Waals surface area contributed by atoms with Crippen molar-refractivity contribution in [3.8, 4) is 34.3 Å². The molecule has 5 atom stereocenters. The summed E-state index contributed by atoms with van der Waals surface area (Å²) in [4.78, 5) is 24.5. The van der Waals surface area contributed by atoms with Gasteiger partial charge in [-0.2, -0.15) is 0 Å². The molecule has 2 aromatic carbocycles. The van der Waals surface area contributed by atoms with Crippen molar-refractivity contribution in [1.82, 2.24) is 0 Å². The van der Waals surface area contributed by atoms with Crippen LogP contribution in [0.1, 0.15) is 6.92 Å². The normalized spacial score (nSPS) is 24.3. The molecule has 186 valence electrons. The molecule has 0 saturated carbocycles. The first-order valence-corrected chi connectivity index (χ1v) is 10.4. The van der Waals surface area contributed by atoms with Gasteiger partial charge in [0.15, 0.2) is 5.76 Å². The van der Waals surface area contributed by atoms with Gasteiger partial charge in [0, 0.05) is 24.6 Å². The zero-order valence-electron chi connectivity index (χ0n) is 18.2. The molecule has 2 heterocycles. The van der Waals surface area contributed by atoms with Crippen LogP contribution in [0, 0.1) is 0 Å². The van der Waals surface area contributed by atoms with Gasteiger partial charge in [0.25, 0.3) is 0 Å². The molecule has 3 aromatic rings. The van der Waals surface area contributed by atoms with Crippen LogP contribution < -0.4 is 10.2 Å². The highest BCUT2D eigenvalue weighted by molar-refractivity contribution is 5.88. The highest BCUT2D eigenvalue weighted by Crippen LogP contribution is 2.37. The summed E-state index contributed by atoms with van der Waals surface area (Å²) in [5, 5.41) is 60.2. The summed E-state index contributed by atoms with van der Waals surface area (Å²) in [7, 11) is 0. The van der Waals surface area contributed by atoms with E-state index in [0.717, 1.165) is 19.1 Å². The fraction of sp³-hybridized carbons (Fsp3) is 0.304. The maximum atomic E-state index is 13.4. The van der Waals surface area contributed by atoms with Gasteiger partial charge >= 0.3 is 5.97 Å². The lowest BCUT2D eigenvalue weighted by Crippen LogP contribution is -2.60. The lowest BCUT2D eigenvalue weighted by atomic mass is 9.99. The van der Waals surface area contributed by atoms with Crippen molar-refractivity contribution in [2.24, 2.45) is 0 Å². The predicted octanol–water partition coefficient (Wildman–Crippen LogP) is 0.326. The minimum absolute atomic E-state index is 0.0777. The third kappa shape index (κ3) is 4.72. The van der Waals surface area contributed by atoms with E-state index in [0.29, 0.717) is 0 Å². The summed E-state index contributed by atoms with van der Waals surface area (Å²) in [6, 6.07) is 7.44. The number of phenolic OH excluding ortho intramolecular Hbond substituents is 3. The number of rotatable bonds is 5. The smallest absolute Gasteiger partial charge is 0.302 e. The SMILES string of the molecule is CC(=O)OC[C@H]1O[C@@H](Oc2c(-c3ccc(O)cc3)oc3cc(O)cc(O)c3c2=O)C(O)C(O)[C@@H]1O. The molecule has 0 aliphatic carbocycles. The molecule has 4 rings (SSSR count). The topological polar surface area (TPSA) is 196 Å². The van der Waals surface area contributed by atoms with Gasteiger partial charge in [-0.1, -0.05) is 0 Å². The zero-order chi connectivity index (χ0) is 25.4. The van der Waals surface area contributed by atoms with Crippen molar-refractivity contribution in [2.45, 2.75) is 37.6 Å². The van der Waals surface area contributed by atoms with Crippen LogP contribution in [-0.2, 0) is 14.3 Å². The summed E-state index contributed by atoms with van der Waals surface area (Å²) in [5.74, 6) is -2.49.